The Morgan fingerprint density at radius 3 is 2.42 bits per heavy atom. The number of benzene rings is 1. The van der Waals surface area contributed by atoms with E-state index in [1.807, 2.05) is 38.1 Å². The van der Waals surface area contributed by atoms with Gasteiger partial charge in [0, 0.05) is 10.8 Å². The van der Waals surface area contributed by atoms with Crippen molar-refractivity contribution >= 4 is 38.3 Å². The number of fused-ring (bicyclic) bond motifs is 1. The van der Waals surface area contributed by atoms with E-state index in [1.165, 1.54) is 0 Å². The molecule has 0 aliphatic heterocycles. The first-order chi connectivity index (χ1) is 9.09. The van der Waals surface area contributed by atoms with Gasteiger partial charge in [-0.15, -0.1) is 10.2 Å². The fourth-order valence-electron chi connectivity index (χ4n) is 2.04. The summed E-state index contributed by atoms with van der Waals surface area (Å²) < 4.78 is 2.76. The number of aromatic nitrogens is 4. The molecule has 0 N–H and O–H groups in total. The van der Waals surface area contributed by atoms with Crippen LogP contribution in [0.4, 0.5) is 0 Å². The first-order valence-corrected chi connectivity index (χ1v) is 6.89. The molecule has 0 spiro atoms. The molecule has 0 unspecified atom stereocenters. The lowest BCUT2D eigenvalue weighted by atomic mass is 10.2. The molecule has 1 aromatic carbocycles. The molecular formula is C13H10BrClN4. The number of hydrogen-bond donors (Lipinski definition) is 0. The highest BCUT2D eigenvalue weighted by atomic mass is 79.9. The van der Waals surface area contributed by atoms with Gasteiger partial charge in [0.1, 0.15) is 0 Å². The summed E-state index contributed by atoms with van der Waals surface area (Å²) in [6.45, 7) is 3.92. The maximum Gasteiger partial charge on any atom is 0.183 e. The molecule has 4 nitrogen and oxygen atoms in total. The van der Waals surface area contributed by atoms with E-state index in [4.69, 9.17) is 11.6 Å². The summed E-state index contributed by atoms with van der Waals surface area (Å²) in [4.78, 5) is 0. The van der Waals surface area contributed by atoms with E-state index in [0.717, 1.165) is 26.6 Å². The number of nitrogens with zero attached hydrogens (tertiary/aromatic N) is 4. The Labute approximate surface area is 123 Å². The van der Waals surface area contributed by atoms with E-state index in [1.54, 1.807) is 4.68 Å². The van der Waals surface area contributed by atoms with Crippen molar-refractivity contribution in [1.82, 2.24) is 20.0 Å². The van der Waals surface area contributed by atoms with Crippen molar-refractivity contribution in [3.63, 3.8) is 0 Å². The molecule has 3 aromatic rings. The molecule has 0 bridgehead atoms. The van der Waals surface area contributed by atoms with Crippen LogP contribution < -0.4 is 0 Å². The molecule has 6 heteroatoms. The van der Waals surface area contributed by atoms with E-state index >= 15 is 0 Å². The standard InChI is InChI=1S/C13H10BrClN4/c1-7-11(14)8(2)19(18-7)13-10-6-4-3-5-9(10)12(15)16-17-13/h3-6H,1-2H3. The lowest BCUT2D eigenvalue weighted by molar-refractivity contribution is 0.791. The van der Waals surface area contributed by atoms with Gasteiger partial charge in [-0.25, -0.2) is 4.68 Å². The van der Waals surface area contributed by atoms with Gasteiger partial charge >= 0.3 is 0 Å². The molecule has 0 atom stereocenters. The summed E-state index contributed by atoms with van der Waals surface area (Å²) in [5.74, 6) is 0.686. The Hall–Kier alpha value is -1.46. The smallest absolute Gasteiger partial charge is 0.183 e. The van der Waals surface area contributed by atoms with Crippen molar-refractivity contribution in [3.8, 4) is 5.82 Å². The molecule has 0 aliphatic rings. The summed E-state index contributed by atoms with van der Waals surface area (Å²) in [7, 11) is 0. The van der Waals surface area contributed by atoms with Gasteiger partial charge in [0.25, 0.3) is 0 Å². The quantitative estimate of drug-likeness (QED) is 0.677. The third kappa shape index (κ3) is 1.93. The highest BCUT2D eigenvalue weighted by Crippen LogP contribution is 2.28. The van der Waals surface area contributed by atoms with Gasteiger partial charge in [-0.2, -0.15) is 5.10 Å². The molecule has 0 amide bonds. The highest BCUT2D eigenvalue weighted by Gasteiger charge is 2.15. The van der Waals surface area contributed by atoms with Crippen molar-refractivity contribution in [2.45, 2.75) is 13.8 Å². The number of aryl methyl sites for hydroxylation is 1. The molecule has 0 saturated carbocycles. The highest BCUT2D eigenvalue weighted by molar-refractivity contribution is 9.10. The van der Waals surface area contributed by atoms with Gasteiger partial charge < -0.3 is 0 Å². The lowest BCUT2D eigenvalue weighted by Crippen LogP contribution is -2.04. The van der Waals surface area contributed by atoms with Gasteiger partial charge in [0.15, 0.2) is 11.0 Å². The summed E-state index contributed by atoms with van der Waals surface area (Å²) in [6, 6.07) is 7.77. The van der Waals surface area contributed by atoms with Crippen LogP contribution in [0.2, 0.25) is 5.15 Å². The van der Waals surface area contributed by atoms with Crippen molar-refractivity contribution in [2.75, 3.05) is 0 Å². The second-order valence-electron chi connectivity index (χ2n) is 4.26. The minimum atomic E-state index is 0.403. The maximum atomic E-state index is 6.08. The second kappa shape index (κ2) is 4.58. The molecule has 19 heavy (non-hydrogen) atoms. The molecular weight excluding hydrogens is 328 g/mol. The first kappa shape index (κ1) is 12.6. The van der Waals surface area contributed by atoms with Crippen LogP contribution in [0.15, 0.2) is 28.7 Å². The Bertz CT molecular complexity index is 782. The van der Waals surface area contributed by atoms with E-state index < -0.39 is 0 Å². The average molecular weight is 338 g/mol. The number of halogens is 2. The Morgan fingerprint density at radius 2 is 1.79 bits per heavy atom. The summed E-state index contributed by atoms with van der Waals surface area (Å²) >= 11 is 9.60. The summed E-state index contributed by atoms with van der Waals surface area (Å²) in [6.07, 6.45) is 0. The topological polar surface area (TPSA) is 43.6 Å². The largest absolute Gasteiger partial charge is 0.216 e. The van der Waals surface area contributed by atoms with Crippen LogP contribution in [0.1, 0.15) is 11.4 Å². The van der Waals surface area contributed by atoms with Crippen LogP contribution in [0.5, 0.6) is 0 Å². The molecule has 0 radical (unpaired) electrons. The Kier molecular flexibility index (Phi) is 3.03. The molecule has 96 valence electrons. The number of hydrogen-bond acceptors (Lipinski definition) is 3. The van der Waals surface area contributed by atoms with Crippen molar-refractivity contribution < 1.29 is 0 Å². The molecule has 0 fully saturated rings. The van der Waals surface area contributed by atoms with Crippen LogP contribution in [0.3, 0.4) is 0 Å². The van der Waals surface area contributed by atoms with Gasteiger partial charge in [-0.05, 0) is 29.8 Å². The summed E-state index contributed by atoms with van der Waals surface area (Å²) in [5, 5.41) is 14.9. The van der Waals surface area contributed by atoms with Crippen molar-refractivity contribution in [3.05, 3.63) is 45.3 Å². The predicted molar refractivity (Wildman–Crippen MR) is 78.8 cm³/mol. The van der Waals surface area contributed by atoms with Crippen LogP contribution >= 0.6 is 27.5 Å². The third-order valence-electron chi connectivity index (χ3n) is 3.03. The fraction of sp³-hybridized carbons (Fsp3) is 0.154. The SMILES string of the molecule is Cc1nn(-c2nnc(Cl)c3ccccc23)c(C)c1Br. The monoisotopic (exact) mass is 336 g/mol. The van der Waals surface area contributed by atoms with E-state index in [9.17, 15) is 0 Å². The first-order valence-electron chi connectivity index (χ1n) is 5.72. The van der Waals surface area contributed by atoms with Gasteiger partial charge in [-0.3, -0.25) is 0 Å². The molecule has 0 aliphatic carbocycles. The zero-order valence-corrected chi connectivity index (χ0v) is 12.7. The molecule has 0 saturated heterocycles. The number of rotatable bonds is 1. The van der Waals surface area contributed by atoms with Crippen LogP contribution in [-0.2, 0) is 0 Å². The zero-order chi connectivity index (χ0) is 13.6. The van der Waals surface area contributed by atoms with E-state index in [2.05, 4.69) is 31.2 Å². The van der Waals surface area contributed by atoms with E-state index in [0.29, 0.717) is 11.0 Å². The Balaban J connectivity index is 2.37. The molecule has 2 heterocycles. The van der Waals surface area contributed by atoms with Crippen LogP contribution in [0.25, 0.3) is 16.6 Å². The van der Waals surface area contributed by atoms with E-state index in [-0.39, 0.29) is 0 Å². The lowest BCUT2D eigenvalue weighted by Gasteiger charge is -2.07. The van der Waals surface area contributed by atoms with Crippen LogP contribution in [-0.4, -0.2) is 20.0 Å². The second-order valence-corrected chi connectivity index (χ2v) is 5.41. The van der Waals surface area contributed by atoms with Gasteiger partial charge in [0.2, 0.25) is 0 Å². The van der Waals surface area contributed by atoms with Gasteiger partial charge in [-0.1, -0.05) is 35.9 Å². The van der Waals surface area contributed by atoms with Crippen molar-refractivity contribution in [2.24, 2.45) is 0 Å². The van der Waals surface area contributed by atoms with Gasteiger partial charge in [0.05, 0.1) is 15.9 Å². The summed E-state index contributed by atoms with van der Waals surface area (Å²) in [5.41, 5.74) is 1.90. The average Bonchev–Trinajstić information content (AvgIpc) is 2.67. The third-order valence-corrected chi connectivity index (χ3v) is 4.45. The van der Waals surface area contributed by atoms with Crippen molar-refractivity contribution in [1.29, 1.82) is 0 Å². The Morgan fingerprint density at radius 1 is 1.11 bits per heavy atom. The molecule has 3 rings (SSSR count). The predicted octanol–water partition coefficient (Wildman–Crippen LogP) is 3.85. The maximum absolute atomic E-state index is 6.08. The normalized spacial score (nSPS) is 11.2. The van der Waals surface area contributed by atoms with Crippen LogP contribution in [0, 0.1) is 13.8 Å². The minimum absolute atomic E-state index is 0.403. The minimum Gasteiger partial charge on any atom is -0.216 e. The molecule has 2 aromatic heterocycles. The zero-order valence-electron chi connectivity index (χ0n) is 10.4. The fourth-order valence-corrected chi connectivity index (χ4v) is 2.49.